The monoisotopic (exact) mass is 544 g/mol. The van der Waals surface area contributed by atoms with Crippen LogP contribution in [-0.4, -0.2) is 70.2 Å². The number of nitrogens with two attached hydrogens (primary N) is 1. The minimum Gasteiger partial charge on any atom is -0.496 e. The Morgan fingerprint density at radius 3 is 2.61 bits per heavy atom. The maximum Gasteiger partial charge on any atom is 0.410 e. The highest BCUT2D eigenvalue weighted by Crippen LogP contribution is 2.35. The number of halogens is 2. The van der Waals surface area contributed by atoms with Crippen LogP contribution in [0.25, 0.3) is 10.9 Å². The molecular formula is C26H30ClFN6O4. The normalized spacial score (nSPS) is 14.8. The zero-order valence-electron chi connectivity index (χ0n) is 21.8. The minimum absolute atomic E-state index is 0.0185. The van der Waals surface area contributed by atoms with Crippen molar-refractivity contribution in [2.24, 2.45) is 5.73 Å². The van der Waals surface area contributed by atoms with Crippen LogP contribution in [0.4, 0.5) is 20.7 Å². The molecule has 2 heterocycles. The van der Waals surface area contributed by atoms with Crippen molar-refractivity contribution in [1.82, 2.24) is 19.8 Å². The summed E-state index contributed by atoms with van der Waals surface area (Å²) in [6.45, 7) is 5.76. The van der Waals surface area contributed by atoms with Crippen LogP contribution in [0.15, 0.2) is 36.7 Å². The molecule has 1 saturated heterocycles. The van der Waals surface area contributed by atoms with E-state index in [4.69, 9.17) is 26.8 Å². The number of likely N-dealkylation sites (tertiary alicyclic amines) is 1. The molecule has 202 valence electrons. The lowest BCUT2D eigenvalue weighted by atomic mass is 9.87. The van der Waals surface area contributed by atoms with Gasteiger partial charge in [-0.3, -0.25) is 9.69 Å². The molecule has 0 spiro atoms. The summed E-state index contributed by atoms with van der Waals surface area (Å²) in [6, 6.07) is 8.19. The van der Waals surface area contributed by atoms with Crippen LogP contribution < -0.4 is 15.8 Å². The fraction of sp³-hybridized carbons (Fsp3) is 0.385. The topological polar surface area (TPSA) is 123 Å². The first kappa shape index (κ1) is 27.3. The van der Waals surface area contributed by atoms with Gasteiger partial charge in [-0.25, -0.2) is 19.2 Å². The molecule has 3 N–H and O–H groups in total. The van der Waals surface area contributed by atoms with Gasteiger partial charge in [-0.2, -0.15) is 0 Å². The molecule has 1 aliphatic rings. The summed E-state index contributed by atoms with van der Waals surface area (Å²) in [7, 11) is 3.28. The molecule has 0 saturated carbocycles. The Morgan fingerprint density at radius 2 is 1.97 bits per heavy atom. The van der Waals surface area contributed by atoms with Gasteiger partial charge in [0.1, 0.15) is 29.0 Å². The van der Waals surface area contributed by atoms with Crippen molar-refractivity contribution in [3.63, 3.8) is 0 Å². The number of carbonyl (C=O) groups is 2. The van der Waals surface area contributed by atoms with Gasteiger partial charge in [0.05, 0.1) is 36.4 Å². The van der Waals surface area contributed by atoms with E-state index < -0.39 is 29.0 Å². The van der Waals surface area contributed by atoms with E-state index >= 15 is 0 Å². The van der Waals surface area contributed by atoms with Crippen molar-refractivity contribution in [2.45, 2.75) is 38.5 Å². The number of likely N-dealkylation sites (N-methyl/N-ethyl adjacent to an activating group) is 1. The Kier molecular flexibility index (Phi) is 7.35. The third kappa shape index (κ3) is 5.30. The average Bonchev–Trinajstić information content (AvgIpc) is 2.80. The molecule has 0 bridgehead atoms. The van der Waals surface area contributed by atoms with Gasteiger partial charge in [-0.1, -0.05) is 17.7 Å². The number of carbonyl (C=O) groups excluding carboxylic acids is 2. The lowest BCUT2D eigenvalue weighted by Crippen LogP contribution is -2.75. The van der Waals surface area contributed by atoms with Gasteiger partial charge in [0.2, 0.25) is 5.91 Å². The highest BCUT2D eigenvalue weighted by molar-refractivity contribution is 6.31. The maximum atomic E-state index is 14.5. The zero-order valence-corrected chi connectivity index (χ0v) is 22.6. The van der Waals surface area contributed by atoms with Crippen molar-refractivity contribution in [3.05, 3.63) is 53.1 Å². The number of hydrogen-bond acceptors (Lipinski definition) is 8. The van der Waals surface area contributed by atoms with Crippen LogP contribution in [0.3, 0.4) is 0 Å². The fourth-order valence-corrected chi connectivity index (χ4v) is 4.48. The van der Waals surface area contributed by atoms with Gasteiger partial charge in [0, 0.05) is 23.6 Å². The first-order valence-corrected chi connectivity index (χ1v) is 12.2. The van der Waals surface area contributed by atoms with Crippen molar-refractivity contribution in [3.8, 4) is 5.75 Å². The number of aromatic nitrogens is 2. The highest BCUT2D eigenvalue weighted by Gasteiger charge is 2.54. The molecule has 0 atom stereocenters. The van der Waals surface area contributed by atoms with E-state index in [9.17, 15) is 14.0 Å². The Balaban J connectivity index is 1.63. The van der Waals surface area contributed by atoms with Crippen LogP contribution in [0, 0.1) is 5.82 Å². The zero-order chi connectivity index (χ0) is 27.8. The van der Waals surface area contributed by atoms with Crippen molar-refractivity contribution in [1.29, 1.82) is 0 Å². The molecule has 1 aromatic heterocycles. The van der Waals surface area contributed by atoms with E-state index in [-0.39, 0.29) is 30.3 Å². The highest BCUT2D eigenvalue weighted by atomic mass is 35.5. The Morgan fingerprint density at radius 1 is 1.26 bits per heavy atom. The molecule has 12 heteroatoms. The van der Waals surface area contributed by atoms with Crippen molar-refractivity contribution < 1.29 is 23.5 Å². The van der Waals surface area contributed by atoms with Gasteiger partial charge >= 0.3 is 6.09 Å². The number of benzene rings is 2. The number of methoxy groups -OCH3 is 1. The summed E-state index contributed by atoms with van der Waals surface area (Å²) >= 11 is 5.93. The van der Waals surface area contributed by atoms with Crippen LogP contribution in [-0.2, 0) is 16.1 Å². The number of amides is 2. The van der Waals surface area contributed by atoms with Gasteiger partial charge in [-0.15, -0.1) is 0 Å². The number of fused-ring (bicyclic) bond motifs is 1. The smallest absolute Gasteiger partial charge is 0.410 e. The van der Waals surface area contributed by atoms with Gasteiger partial charge in [-0.05, 0) is 46.0 Å². The first-order valence-electron chi connectivity index (χ1n) is 11.9. The summed E-state index contributed by atoms with van der Waals surface area (Å²) in [5, 5.41) is 3.57. The molecule has 10 nitrogen and oxygen atoms in total. The van der Waals surface area contributed by atoms with E-state index in [2.05, 4.69) is 15.3 Å². The Bertz CT molecular complexity index is 1390. The fourth-order valence-electron chi connectivity index (χ4n) is 4.30. The molecule has 1 fully saturated rings. The number of ether oxygens (including phenoxy) is 2. The standard InChI is InChI=1S/C26H30ClFN6O4/c1-25(2,3)38-24(36)34-12-26(13-34,23(29)35)33(4)11-15-9-16-19(10-20(15)37-5)30-14-31-22(16)32-18-8-6-7-17(27)21(18)28/h6-10,14H,11-13H2,1-5H3,(H2,29,35)(H,30,31,32). The predicted molar refractivity (Wildman–Crippen MR) is 142 cm³/mol. The predicted octanol–water partition coefficient (Wildman–Crippen LogP) is 4.08. The molecule has 0 radical (unpaired) electrons. The molecule has 1 aliphatic heterocycles. The van der Waals surface area contributed by atoms with Crippen molar-refractivity contribution in [2.75, 3.05) is 32.6 Å². The summed E-state index contributed by atoms with van der Waals surface area (Å²) in [5.74, 6) is -0.253. The first-order chi connectivity index (χ1) is 17.8. The second kappa shape index (κ2) is 10.2. The van der Waals surface area contributed by atoms with Gasteiger partial charge in [0.15, 0.2) is 5.82 Å². The third-order valence-corrected chi connectivity index (χ3v) is 6.69. The molecule has 0 unspecified atom stereocenters. The van der Waals surface area contributed by atoms with E-state index in [1.54, 1.807) is 50.9 Å². The lowest BCUT2D eigenvalue weighted by molar-refractivity contribution is -0.141. The summed E-state index contributed by atoms with van der Waals surface area (Å²) in [5.41, 5.74) is 5.50. The number of nitrogens with one attached hydrogen (secondary N) is 1. The molecule has 2 aromatic carbocycles. The number of anilines is 2. The SMILES string of the molecule is COc1cc2ncnc(Nc3cccc(Cl)c3F)c2cc1CN(C)C1(C(N)=O)CN(C(=O)OC(C)(C)C)C1. The molecule has 4 rings (SSSR count). The van der Waals surface area contributed by atoms with Gasteiger partial charge < -0.3 is 25.4 Å². The van der Waals surface area contributed by atoms with Crippen LogP contribution in [0.1, 0.15) is 26.3 Å². The largest absolute Gasteiger partial charge is 0.496 e. The summed E-state index contributed by atoms with van der Waals surface area (Å²) in [4.78, 5) is 36.9. The van der Waals surface area contributed by atoms with E-state index in [0.29, 0.717) is 28.0 Å². The van der Waals surface area contributed by atoms with Crippen LogP contribution in [0.5, 0.6) is 5.75 Å². The van der Waals surface area contributed by atoms with Gasteiger partial charge in [0.25, 0.3) is 0 Å². The Labute approximate surface area is 224 Å². The lowest BCUT2D eigenvalue weighted by Gasteiger charge is -2.52. The molecule has 38 heavy (non-hydrogen) atoms. The number of primary amides is 1. The summed E-state index contributed by atoms with van der Waals surface area (Å²) < 4.78 is 25.6. The number of hydrogen-bond donors (Lipinski definition) is 2. The van der Waals surface area contributed by atoms with E-state index in [1.807, 2.05) is 6.07 Å². The third-order valence-electron chi connectivity index (χ3n) is 6.40. The second-order valence-corrected chi connectivity index (χ2v) is 10.6. The minimum atomic E-state index is -1.09. The number of nitrogens with zero attached hydrogens (tertiary/aromatic N) is 4. The van der Waals surface area contributed by atoms with E-state index in [0.717, 1.165) is 0 Å². The van der Waals surface area contributed by atoms with E-state index in [1.165, 1.54) is 24.4 Å². The molecule has 0 aliphatic carbocycles. The second-order valence-electron chi connectivity index (χ2n) is 10.2. The average molecular weight is 545 g/mol. The summed E-state index contributed by atoms with van der Waals surface area (Å²) in [6.07, 6.45) is 0.854. The number of rotatable bonds is 7. The Hall–Kier alpha value is -3.70. The van der Waals surface area contributed by atoms with Crippen molar-refractivity contribution >= 4 is 46.0 Å². The molecule has 3 aromatic rings. The quantitative estimate of drug-likeness (QED) is 0.456. The maximum absolute atomic E-state index is 14.5. The molecule has 2 amide bonds. The molecular weight excluding hydrogens is 515 g/mol. The van der Waals surface area contributed by atoms with Crippen LogP contribution in [0.2, 0.25) is 5.02 Å². The van der Waals surface area contributed by atoms with Crippen LogP contribution >= 0.6 is 11.6 Å².